The van der Waals surface area contributed by atoms with Gasteiger partial charge in [-0.1, -0.05) is 37.0 Å². The van der Waals surface area contributed by atoms with Crippen molar-refractivity contribution >= 4 is 5.91 Å². The van der Waals surface area contributed by atoms with Crippen molar-refractivity contribution in [2.75, 3.05) is 0 Å². The molecule has 1 saturated carbocycles. The lowest BCUT2D eigenvalue weighted by Crippen LogP contribution is -2.36. The number of hydrogen-bond donors (Lipinski definition) is 1. The molecule has 3 aromatic rings. The van der Waals surface area contributed by atoms with Crippen molar-refractivity contribution in [3.63, 3.8) is 0 Å². The Morgan fingerprint density at radius 2 is 1.67 bits per heavy atom. The maximum absolute atomic E-state index is 12.4. The number of nitrogens with one attached hydrogen (secondary N) is 1. The Labute approximate surface area is 158 Å². The molecule has 0 atom stereocenters. The maximum Gasteiger partial charge on any atom is 0.251 e. The van der Waals surface area contributed by atoms with E-state index in [1.807, 2.05) is 55.5 Å². The number of aromatic nitrogens is 2. The van der Waals surface area contributed by atoms with Crippen molar-refractivity contribution in [2.45, 2.75) is 45.1 Å². The molecule has 1 heterocycles. The molecular formula is C22H23N3O2. The molecule has 1 aliphatic rings. The topological polar surface area (TPSA) is 68.0 Å². The number of benzene rings is 2. The average Bonchev–Trinajstić information content (AvgIpc) is 3.19. The number of aryl methyl sites for hydroxylation is 1. The number of amides is 1. The maximum atomic E-state index is 12.4. The zero-order chi connectivity index (χ0) is 18.6. The first-order valence-electron chi connectivity index (χ1n) is 9.51. The summed E-state index contributed by atoms with van der Waals surface area (Å²) in [6, 6.07) is 15.6. The molecule has 1 N–H and O–H groups in total. The minimum atomic E-state index is -0.0144. The molecule has 0 unspecified atom stereocenters. The van der Waals surface area contributed by atoms with Gasteiger partial charge in [0.2, 0.25) is 11.8 Å². The van der Waals surface area contributed by atoms with Gasteiger partial charge in [-0.05, 0) is 56.2 Å². The quantitative estimate of drug-likeness (QED) is 0.726. The first-order chi connectivity index (χ1) is 13.2. The molecule has 0 bridgehead atoms. The smallest absolute Gasteiger partial charge is 0.251 e. The van der Waals surface area contributed by atoms with Crippen LogP contribution < -0.4 is 5.32 Å². The summed E-state index contributed by atoms with van der Waals surface area (Å²) in [7, 11) is 0. The molecule has 2 aromatic carbocycles. The van der Waals surface area contributed by atoms with E-state index in [2.05, 4.69) is 15.5 Å². The van der Waals surface area contributed by atoms with Gasteiger partial charge in [-0.15, -0.1) is 10.2 Å². The summed E-state index contributed by atoms with van der Waals surface area (Å²) in [5.74, 6) is 0.929. The zero-order valence-corrected chi connectivity index (χ0v) is 15.4. The van der Waals surface area contributed by atoms with Crippen molar-refractivity contribution in [1.29, 1.82) is 0 Å². The van der Waals surface area contributed by atoms with Crippen molar-refractivity contribution < 1.29 is 9.21 Å². The Kier molecular flexibility index (Phi) is 5.01. The van der Waals surface area contributed by atoms with Crippen LogP contribution in [0, 0.1) is 6.92 Å². The van der Waals surface area contributed by atoms with Gasteiger partial charge < -0.3 is 9.73 Å². The Balaban J connectivity index is 1.47. The molecule has 4 rings (SSSR count). The number of carbonyl (C=O) groups excluding carboxylic acids is 1. The van der Waals surface area contributed by atoms with Crippen LogP contribution in [0.5, 0.6) is 0 Å². The second-order valence-electron chi connectivity index (χ2n) is 7.17. The first-order valence-corrected chi connectivity index (χ1v) is 9.51. The van der Waals surface area contributed by atoms with Gasteiger partial charge in [0.15, 0.2) is 0 Å². The molecule has 0 saturated heterocycles. The highest BCUT2D eigenvalue weighted by Gasteiger charge is 2.17. The van der Waals surface area contributed by atoms with E-state index >= 15 is 0 Å². The molecule has 138 valence electrons. The van der Waals surface area contributed by atoms with E-state index in [0.717, 1.165) is 29.5 Å². The number of nitrogens with zero attached hydrogens (tertiary/aromatic N) is 2. The molecule has 5 nitrogen and oxygen atoms in total. The van der Waals surface area contributed by atoms with Gasteiger partial charge in [0, 0.05) is 22.7 Å². The summed E-state index contributed by atoms with van der Waals surface area (Å²) in [4.78, 5) is 12.4. The lowest BCUT2D eigenvalue weighted by atomic mass is 9.95. The van der Waals surface area contributed by atoms with Gasteiger partial charge in [-0.25, -0.2) is 0 Å². The lowest BCUT2D eigenvalue weighted by Gasteiger charge is -2.22. The number of hydrogen-bond acceptors (Lipinski definition) is 4. The van der Waals surface area contributed by atoms with Crippen LogP contribution in [0.15, 0.2) is 52.9 Å². The second-order valence-corrected chi connectivity index (χ2v) is 7.17. The highest BCUT2D eigenvalue weighted by atomic mass is 16.4. The molecule has 1 aromatic heterocycles. The minimum absolute atomic E-state index is 0.0144. The standard InChI is InChI=1S/C22H23N3O2/c1-15-6-5-7-18(14-15)22-25-24-21(27-22)17-12-10-16(11-13-17)20(26)23-19-8-3-2-4-9-19/h5-7,10-14,19H,2-4,8-9H2,1H3,(H,23,26). The summed E-state index contributed by atoms with van der Waals surface area (Å²) >= 11 is 0. The lowest BCUT2D eigenvalue weighted by molar-refractivity contribution is 0.0927. The van der Waals surface area contributed by atoms with E-state index in [1.165, 1.54) is 19.3 Å². The summed E-state index contributed by atoms with van der Waals surface area (Å²) < 4.78 is 5.81. The van der Waals surface area contributed by atoms with Crippen LogP contribution in [0.4, 0.5) is 0 Å². The summed E-state index contributed by atoms with van der Waals surface area (Å²) in [5, 5.41) is 11.4. The van der Waals surface area contributed by atoms with Gasteiger partial charge in [0.1, 0.15) is 0 Å². The summed E-state index contributed by atoms with van der Waals surface area (Å²) in [6.45, 7) is 2.03. The molecule has 1 fully saturated rings. The van der Waals surface area contributed by atoms with Crippen molar-refractivity contribution in [2.24, 2.45) is 0 Å². The Hall–Kier alpha value is -2.95. The third-order valence-electron chi connectivity index (χ3n) is 5.02. The molecular weight excluding hydrogens is 338 g/mol. The Morgan fingerprint density at radius 1 is 0.963 bits per heavy atom. The second kappa shape index (κ2) is 7.74. The predicted octanol–water partition coefficient (Wildman–Crippen LogP) is 4.77. The zero-order valence-electron chi connectivity index (χ0n) is 15.4. The van der Waals surface area contributed by atoms with Crippen LogP contribution in [0.2, 0.25) is 0 Å². The largest absolute Gasteiger partial charge is 0.416 e. The van der Waals surface area contributed by atoms with E-state index < -0.39 is 0 Å². The van der Waals surface area contributed by atoms with Crippen LogP contribution in [0.3, 0.4) is 0 Å². The summed E-state index contributed by atoms with van der Waals surface area (Å²) in [5.41, 5.74) is 3.50. The number of carbonyl (C=O) groups is 1. The molecule has 0 aliphatic heterocycles. The Morgan fingerprint density at radius 3 is 2.37 bits per heavy atom. The van der Waals surface area contributed by atoms with E-state index in [9.17, 15) is 4.79 Å². The number of rotatable bonds is 4. The van der Waals surface area contributed by atoms with Crippen molar-refractivity contribution in [3.8, 4) is 22.9 Å². The van der Waals surface area contributed by atoms with E-state index in [1.54, 1.807) is 0 Å². The molecule has 0 spiro atoms. The molecule has 27 heavy (non-hydrogen) atoms. The van der Waals surface area contributed by atoms with Crippen LogP contribution in [-0.2, 0) is 0 Å². The van der Waals surface area contributed by atoms with Gasteiger partial charge in [0.25, 0.3) is 5.91 Å². The molecule has 5 heteroatoms. The van der Waals surface area contributed by atoms with Gasteiger partial charge >= 0.3 is 0 Å². The van der Waals surface area contributed by atoms with Crippen LogP contribution >= 0.6 is 0 Å². The van der Waals surface area contributed by atoms with Gasteiger partial charge in [-0.3, -0.25) is 4.79 Å². The van der Waals surface area contributed by atoms with Crippen molar-refractivity contribution in [3.05, 3.63) is 59.7 Å². The van der Waals surface area contributed by atoms with Crippen molar-refractivity contribution in [1.82, 2.24) is 15.5 Å². The fourth-order valence-electron chi connectivity index (χ4n) is 3.51. The molecule has 0 radical (unpaired) electrons. The third kappa shape index (κ3) is 4.08. The minimum Gasteiger partial charge on any atom is -0.416 e. The fourth-order valence-corrected chi connectivity index (χ4v) is 3.51. The van der Waals surface area contributed by atoms with E-state index in [-0.39, 0.29) is 5.91 Å². The van der Waals surface area contributed by atoms with E-state index in [0.29, 0.717) is 23.4 Å². The fraction of sp³-hybridized carbons (Fsp3) is 0.318. The van der Waals surface area contributed by atoms with Crippen LogP contribution in [0.1, 0.15) is 48.0 Å². The highest BCUT2D eigenvalue weighted by Crippen LogP contribution is 2.25. The SMILES string of the molecule is Cc1cccc(-c2nnc(-c3ccc(C(=O)NC4CCCCC4)cc3)o2)c1. The predicted molar refractivity (Wildman–Crippen MR) is 104 cm³/mol. The third-order valence-corrected chi connectivity index (χ3v) is 5.02. The van der Waals surface area contributed by atoms with Crippen LogP contribution in [-0.4, -0.2) is 22.1 Å². The van der Waals surface area contributed by atoms with E-state index in [4.69, 9.17) is 4.42 Å². The average molecular weight is 361 g/mol. The monoisotopic (exact) mass is 361 g/mol. The molecule has 1 aliphatic carbocycles. The highest BCUT2D eigenvalue weighted by molar-refractivity contribution is 5.94. The first kappa shape index (κ1) is 17.5. The van der Waals surface area contributed by atoms with Gasteiger partial charge in [-0.2, -0.15) is 0 Å². The molecule has 1 amide bonds. The van der Waals surface area contributed by atoms with Gasteiger partial charge in [0.05, 0.1) is 0 Å². The Bertz CT molecular complexity index is 925. The summed E-state index contributed by atoms with van der Waals surface area (Å²) in [6.07, 6.45) is 5.82. The normalized spacial score (nSPS) is 14.9. The van der Waals surface area contributed by atoms with Crippen LogP contribution in [0.25, 0.3) is 22.9 Å².